The van der Waals surface area contributed by atoms with E-state index >= 15 is 0 Å². The predicted octanol–water partition coefficient (Wildman–Crippen LogP) is 1.65. The molecule has 0 amide bonds. The third-order valence-corrected chi connectivity index (χ3v) is 3.75. The van der Waals surface area contributed by atoms with E-state index in [9.17, 15) is 0 Å². The van der Waals surface area contributed by atoms with Crippen molar-refractivity contribution in [1.82, 2.24) is 25.1 Å². The lowest BCUT2D eigenvalue weighted by Gasteiger charge is -2.29. The number of piperidine rings is 1. The summed E-state index contributed by atoms with van der Waals surface area (Å²) in [5.74, 6) is 1.22. The summed E-state index contributed by atoms with van der Waals surface area (Å²) in [6.07, 6.45) is 5.02. The molecule has 3 rings (SSSR count). The van der Waals surface area contributed by atoms with Crippen LogP contribution in [0.3, 0.4) is 0 Å². The molecule has 0 aromatic carbocycles. The first-order valence-electron chi connectivity index (χ1n) is 7.56. The number of aromatic nitrogens is 4. The van der Waals surface area contributed by atoms with E-state index < -0.39 is 0 Å². The van der Waals surface area contributed by atoms with Crippen molar-refractivity contribution in [1.29, 1.82) is 0 Å². The van der Waals surface area contributed by atoms with Gasteiger partial charge < -0.3 is 15.0 Å². The highest BCUT2D eigenvalue weighted by Crippen LogP contribution is 2.25. The van der Waals surface area contributed by atoms with Crippen LogP contribution in [0.4, 0.5) is 5.95 Å². The van der Waals surface area contributed by atoms with Crippen LogP contribution in [-0.4, -0.2) is 57.9 Å². The van der Waals surface area contributed by atoms with Gasteiger partial charge in [0.2, 0.25) is 11.8 Å². The van der Waals surface area contributed by atoms with Crippen LogP contribution in [0.2, 0.25) is 0 Å². The van der Waals surface area contributed by atoms with Crippen molar-refractivity contribution in [3.05, 3.63) is 6.20 Å². The summed E-state index contributed by atoms with van der Waals surface area (Å²) in [4.78, 5) is 11.2. The molecule has 21 heavy (non-hydrogen) atoms. The van der Waals surface area contributed by atoms with Gasteiger partial charge in [0.25, 0.3) is 0 Å². The molecule has 0 atom stereocenters. The normalized spacial score (nSPS) is 17.2. The summed E-state index contributed by atoms with van der Waals surface area (Å²) in [7, 11) is 2.14. The van der Waals surface area contributed by atoms with Crippen molar-refractivity contribution >= 4 is 17.0 Å². The van der Waals surface area contributed by atoms with E-state index in [2.05, 4.69) is 44.4 Å². The average molecular weight is 290 g/mol. The maximum Gasteiger partial charge on any atom is 0.229 e. The Kier molecular flexibility index (Phi) is 4.19. The van der Waals surface area contributed by atoms with Crippen LogP contribution in [0, 0.1) is 0 Å². The first kappa shape index (κ1) is 14.1. The molecular weight excluding hydrogens is 268 g/mol. The Hall–Kier alpha value is -1.89. The molecule has 1 aliphatic heterocycles. The quantitative estimate of drug-likeness (QED) is 0.871. The number of H-pyrrole nitrogens is 1. The zero-order valence-corrected chi connectivity index (χ0v) is 12.6. The molecule has 0 saturated carbocycles. The van der Waals surface area contributed by atoms with Crippen molar-refractivity contribution in [2.45, 2.75) is 32.3 Å². The first-order chi connectivity index (χ1) is 10.3. The SMILES string of the molecule is CCCNc1nc(OC2CCN(C)CC2)c2cn[nH]c2n1. The van der Waals surface area contributed by atoms with Crippen molar-refractivity contribution < 1.29 is 4.74 Å². The zero-order valence-electron chi connectivity index (χ0n) is 12.6. The van der Waals surface area contributed by atoms with E-state index in [4.69, 9.17) is 4.74 Å². The smallest absolute Gasteiger partial charge is 0.229 e. The number of rotatable bonds is 5. The molecule has 0 aliphatic carbocycles. The Morgan fingerprint density at radius 2 is 2.19 bits per heavy atom. The Morgan fingerprint density at radius 3 is 2.95 bits per heavy atom. The van der Waals surface area contributed by atoms with E-state index in [0.29, 0.717) is 17.5 Å². The summed E-state index contributed by atoms with van der Waals surface area (Å²) >= 11 is 0. The molecule has 7 heteroatoms. The molecule has 2 aromatic rings. The highest BCUT2D eigenvalue weighted by molar-refractivity contribution is 5.80. The molecule has 114 valence electrons. The fraction of sp³-hybridized carbons (Fsp3) is 0.643. The number of hydrogen-bond acceptors (Lipinski definition) is 6. The number of nitrogens with zero attached hydrogens (tertiary/aromatic N) is 4. The second-order valence-electron chi connectivity index (χ2n) is 5.53. The van der Waals surface area contributed by atoms with Gasteiger partial charge in [-0.1, -0.05) is 6.92 Å². The molecule has 2 N–H and O–H groups in total. The van der Waals surface area contributed by atoms with Crippen LogP contribution in [0.1, 0.15) is 26.2 Å². The second-order valence-corrected chi connectivity index (χ2v) is 5.53. The zero-order chi connectivity index (χ0) is 14.7. The maximum absolute atomic E-state index is 6.12. The van der Waals surface area contributed by atoms with E-state index in [1.165, 1.54) is 0 Å². The van der Waals surface area contributed by atoms with Crippen LogP contribution in [0.5, 0.6) is 5.88 Å². The van der Waals surface area contributed by atoms with E-state index in [0.717, 1.165) is 44.3 Å². The molecular formula is C14H22N6O. The number of hydrogen-bond donors (Lipinski definition) is 2. The number of fused-ring (bicyclic) bond motifs is 1. The minimum absolute atomic E-state index is 0.216. The molecule has 0 bridgehead atoms. The van der Waals surface area contributed by atoms with Crippen LogP contribution in [0.25, 0.3) is 11.0 Å². The van der Waals surface area contributed by atoms with Crippen LogP contribution >= 0.6 is 0 Å². The van der Waals surface area contributed by atoms with Gasteiger partial charge in [0.1, 0.15) is 11.5 Å². The highest BCUT2D eigenvalue weighted by atomic mass is 16.5. The van der Waals surface area contributed by atoms with Crippen LogP contribution in [-0.2, 0) is 0 Å². The van der Waals surface area contributed by atoms with Gasteiger partial charge in [-0.25, -0.2) is 0 Å². The van der Waals surface area contributed by atoms with Gasteiger partial charge in [-0.05, 0) is 26.3 Å². The van der Waals surface area contributed by atoms with E-state index in [1.54, 1.807) is 6.20 Å². The number of ether oxygens (including phenoxy) is 1. The van der Waals surface area contributed by atoms with Gasteiger partial charge in [-0.3, -0.25) is 5.10 Å². The fourth-order valence-electron chi connectivity index (χ4n) is 2.47. The van der Waals surface area contributed by atoms with Crippen molar-refractivity contribution in [2.24, 2.45) is 0 Å². The van der Waals surface area contributed by atoms with Gasteiger partial charge in [0.05, 0.1) is 6.20 Å². The summed E-state index contributed by atoms with van der Waals surface area (Å²) in [6.45, 7) is 5.07. The molecule has 3 heterocycles. The third kappa shape index (κ3) is 3.24. The largest absolute Gasteiger partial charge is 0.474 e. The van der Waals surface area contributed by atoms with Gasteiger partial charge in [0.15, 0.2) is 5.65 Å². The minimum Gasteiger partial charge on any atom is -0.474 e. The lowest BCUT2D eigenvalue weighted by atomic mass is 10.1. The lowest BCUT2D eigenvalue weighted by molar-refractivity contribution is 0.111. The Morgan fingerprint density at radius 1 is 1.38 bits per heavy atom. The molecule has 1 fully saturated rings. The number of nitrogens with one attached hydrogen (secondary N) is 2. The summed E-state index contributed by atoms with van der Waals surface area (Å²) in [5, 5.41) is 11.0. The van der Waals surface area contributed by atoms with Crippen molar-refractivity contribution in [2.75, 3.05) is 32.0 Å². The Balaban J connectivity index is 1.80. The van der Waals surface area contributed by atoms with E-state index in [-0.39, 0.29) is 6.10 Å². The monoisotopic (exact) mass is 290 g/mol. The number of anilines is 1. The topological polar surface area (TPSA) is 79.0 Å². The molecule has 2 aromatic heterocycles. The molecule has 0 radical (unpaired) electrons. The maximum atomic E-state index is 6.12. The molecule has 1 aliphatic rings. The number of aromatic amines is 1. The van der Waals surface area contributed by atoms with Gasteiger partial charge in [-0.15, -0.1) is 0 Å². The van der Waals surface area contributed by atoms with E-state index in [1.807, 2.05) is 0 Å². The molecule has 7 nitrogen and oxygen atoms in total. The molecule has 0 spiro atoms. The van der Waals surface area contributed by atoms with Crippen molar-refractivity contribution in [3.8, 4) is 5.88 Å². The Labute approximate surface area is 124 Å². The first-order valence-corrected chi connectivity index (χ1v) is 7.56. The summed E-state index contributed by atoms with van der Waals surface area (Å²) in [5.41, 5.74) is 0.714. The fourth-order valence-corrected chi connectivity index (χ4v) is 2.47. The molecule has 1 saturated heterocycles. The third-order valence-electron chi connectivity index (χ3n) is 3.75. The summed E-state index contributed by atoms with van der Waals surface area (Å²) < 4.78 is 6.12. The van der Waals surface area contributed by atoms with Crippen molar-refractivity contribution in [3.63, 3.8) is 0 Å². The molecule has 0 unspecified atom stereocenters. The van der Waals surface area contributed by atoms with Crippen LogP contribution in [0.15, 0.2) is 6.20 Å². The van der Waals surface area contributed by atoms with Gasteiger partial charge in [-0.2, -0.15) is 15.1 Å². The summed E-state index contributed by atoms with van der Waals surface area (Å²) in [6, 6.07) is 0. The lowest BCUT2D eigenvalue weighted by Crippen LogP contribution is -2.35. The number of likely N-dealkylation sites (tertiary alicyclic amines) is 1. The second kappa shape index (κ2) is 6.26. The average Bonchev–Trinajstić information content (AvgIpc) is 2.96. The van der Waals surface area contributed by atoms with Crippen LogP contribution < -0.4 is 10.1 Å². The van der Waals surface area contributed by atoms with Gasteiger partial charge in [0, 0.05) is 19.6 Å². The standard InChI is InChI=1S/C14H22N6O/c1-3-6-15-14-17-12-11(9-16-19-12)13(18-14)21-10-4-7-20(2)8-5-10/h9-10H,3-8H2,1-2H3,(H2,15,16,17,18,19). The highest BCUT2D eigenvalue weighted by Gasteiger charge is 2.20. The Bertz CT molecular complexity index is 590. The van der Waals surface area contributed by atoms with Gasteiger partial charge >= 0.3 is 0 Å². The predicted molar refractivity (Wildman–Crippen MR) is 81.6 cm³/mol. The minimum atomic E-state index is 0.216.